The van der Waals surface area contributed by atoms with Crippen LogP contribution in [0.4, 0.5) is 0 Å². The molecule has 1 unspecified atom stereocenters. The second kappa shape index (κ2) is 6.99. The molecule has 0 aliphatic carbocycles. The lowest BCUT2D eigenvalue weighted by atomic mass is 10.1. The molecule has 0 aliphatic rings. The fraction of sp³-hybridized carbons (Fsp3) is 0.294. The average Bonchev–Trinajstić information content (AvgIpc) is 2.54. The lowest BCUT2D eigenvalue weighted by Crippen LogP contribution is -1.99. The molecule has 0 heterocycles. The SMILES string of the molecule is CCC(O)c1ccccc1Oc1cc(OC)cc(OC)c1. The molecule has 0 aromatic heterocycles. The zero-order chi connectivity index (χ0) is 15.2. The molecule has 0 bridgehead atoms. The lowest BCUT2D eigenvalue weighted by Gasteiger charge is -2.15. The highest BCUT2D eigenvalue weighted by molar-refractivity contribution is 5.45. The molecule has 0 aliphatic heterocycles. The van der Waals surface area contributed by atoms with E-state index in [1.807, 2.05) is 31.2 Å². The molecule has 1 atom stereocenters. The van der Waals surface area contributed by atoms with E-state index in [1.54, 1.807) is 32.4 Å². The summed E-state index contributed by atoms with van der Waals surface area (Å²) in [6.07, 6.45) is 0.0793. The summed E-state index contributed by atoms with van der Waals surface area (Å²) in [5.74, 6) is 2.53. The number of ether oxygens (including phenoxy) is 3. The minimum atomic E-state index is -0.547. The number of methoxy groups -OCH3 is 2. The van der Waals surface area contributed by atoms with Gasteiger partial charge in [0.1, 0.15) is 23.0 Å². The van der Waals surface area contributed by atoms with Gasteiger partial charge in [0.15, 0.2) is 0 Å². The minimum Gasteiger partial charge on any atom is -0.496 e. The smallest absolute Gasteiger partial charge is 0.134 e. The summed E-state index contributed by atoms with van der Waals surface area (Å²) in [6, 6.07) is 12.8. The average molecular weight is 288 g/mol. The highest BCUT2D eigenvalue weighted by Crippen LogP contribution is 2.34. The fourth-order valence-corrected chi connectivity index (χ4v) is 2.04. The molecular formula is C17H20O4. The molecular weight excluding hydrogens is 268 g/mol. The lowest BCUT2D eigenvalue weighted by molar-refractivity contribution is 0.170. The predicted molar refractivity (Wildman–Crippen MR) is 81.3 cm³/mol. The van der Waals surface area contributed by atoms with Crippen molar-refractivity contribution in [2.24, 2.45) is 0 Å². The Morgan fingerprint density at radius 3 is 2.10 bits per heavy atom. The monoisotopic (exact) mass is 288 g/mol. The highest BCUT2D eigenvalue weighted by atomic mass is 16.5. The molecule has 4 heteroatoms. The largest absolute Gasteiger partial charge is 0.496 e. The summed E-state index contributed by atoms with van der Waals surface area (Å²) in [5, 5.41) is 10.1. The van der Waals surface area contributed by atoms with E-state index in [1.165, 1.54) is 0 Å². The normalized spacial score (nSPS) is 11.8. The van der Waals surface area contributed by atoms with Crippen molar-refractivity contribution in [3.63, 3.8) is 0 Å². The van der Waals surface area contributed by atoms with Crippen LogP contribution < -0.4 is 14.2 Å². The third-order valence-corrected chi connectivity index (χ3v) is 3.22. The van der Waals surface area contributed by atoms with E-state index in [-0.39, 0.29) is 0 Å². The third-order valence-electron chi connectivity index (χ3n) is 3.22. The highest BCUT2D eigenvalue weighted by Gasteiger charge is 2.12. The fourth-order valence-electron chi connectivity index (χ4n) is 2.04. The Balaban J connectivity index is 2.34. The number of aliphatic hydroxyl groups excluding tert-OH is 1. The maximum atomic E-state index is 10.1. The van der Waals surface area contributed by atoms with Crippen LogP contribution in [-0.2, 0) is 0 Å². The van der Waals surface area contributed by atoms with E-state index < -0.39 is 6.10 Å². The molecule has 112 valence electrons. The molecule has 4 nitrogen and oxygen atoms in total. The number of hydrogen-bond acceptors (Lipinski definition) is 4. The van der Waals surface area contributed by atoms with Gasteiger partial charge in [-0.05, 0) is 12.5 Å². The van der Waals surface area contributed by atoms with Gasteiger partial charge in [0.05, 0.1) is 20.3 Å². The van der Waals surface area contributed by atoms with Crippen LogP contribution in [0.2, 0.25) is 0 Å². The van der Waals surface area contributed by atoms with Gasteiger partial charge < -0.3 is 19.3 Å². The van der Waals surface area contributed by atoms with Gasteiger partial charge in [-0.2, -0.15) is 0 Å². The number of benzene rings is 2. The summed E-state index contributed by atoms with van der Waals surface area (Å²) in [5.41, 5.74) is 0.766. The van der Waals surface area contributed by atoms with Crippen LogP contribution >= 0.6 is 0 Å². The summed E-state index contributed by atoms with van der Waals surface area (Å²) >= 11 is 0. The second-order valence-electron chi connectivity index (χ2n) is 4.61. The van der Waals surface area contributed by atoms with E-state index in [2.05, 4.69) is 0 Å². The van der Waals surface area contributed by atoms with Gasteiger partial charge in [0.25, 0.3) is 0 Å². The van der Waals surface area contributed by atoms with Crippen LogP contribution in [0, 0.1) is 0 Å². The molecule has 2 rings (SSSR count). The van der Waals surface area contributed by atoms with Gasteiger partial charge in [0, 0.05) is 23.8 Å². The minimum absolute atomic E-state index is 0.547. The van der Waals surface area contributed by atoms with Gasteiger partial charge in [-0.25, -0.2) is 0 Å². The van der Waals surface area contributed by atoms with Crippen molar-refractivity contribution in [3.8, 4) is 23.0 Å². The Labute approximate surface area is 124 Å². The summed E-state index contributed by atoms with van der Waals surface area (Å²) in [6.45, 7) is 1.93. The Hall–Kier alpha value is -2.20. The summed E-state index contributed by atoms with van der Waals surface area (Å²) in [7, 11) is 3.18. The van der Waals surface area contributed by atoms with Crippen LogP contribution in [0.5, 0.6) is 23.0 Å². The quantitative estimate of drug-likeness (QED) is 0.874. The molecule has 2 aromatic rings. The maximum Gasteiger partial charge on any atom is 0.134 e. The van der Waals surface area contributed by atoms with E-state index in [0.29, 0.717) is 29.4 Å². The van der Waals surface area contributed by atoms with Crippen LogP contribution in [0.3, 0.4) is 0 Å². The van der Waals surface area contributed by atoms with Crippen molar-refractivity contribution in [1.82, 2.24) is 0 Å². The van der Waals surface area contributed by atoms with Crippen molar-refractivity contribution < 1.29 is 19.3 Å². The van der Waals surface area contributed by atoms with Gasteiger partial charge in [-0.3, -0.25) is 0 Å². The van der Waals surface area contributed by atoms with Crippen molar-refractivity contribution in [2.45, 2.75) is 19.4 Å². The molecule has 2 aromatic carbocycles. The van der Waals surface area contributed by atoms with Crippen molar-refractivity contribution >= 4 is 0 Å². The van der Waals surface area contributed by atoms with E-state index in [9.17, 15) is 5.11 Å². The summed E-state index contributed by atoms with van der Waals surface area (Å²) < 4.78 is 16.3. The van der Waals surface area contributed by atoms with Crippen LogP contribution in [0.1, 0.15) is 25.0 Å². The maximum absolute atomic E-state index is 10.1. The summed E-state index contributed by atoms with van der Waals surface area (Å²) in [4.78, 5) is 0. The second-order valence-corrected chi connectivity index (χ2v) is 4.61. The van der Waals surface area contributed by atoms with Gasteiger partial charge >= 0.3 is 0 Å². The first-order valence-corrected chi connectivity index (χ1v) is 6.85. The number of para-hydroxylation sites is 1. The van der Waals surface area contributed by atoms with E-state index >= 15 is 0 Å². The van der Waals surface area contributed by atoms with E-state index in [0.717, 1.165) is 5.56 Å². The van der Waals surface area contributed by atoms with Crippen LogP contribution in [0.15, 0.2) is 42.5 Å². The Morgan fingerprint density at radius 1 is 0.952 bits per heavy atom. The topological polar surface area (TPSA) is 47.9 Å². The van der Waals surface area contributed by atoms with Crippen LogP contribution in [-0.4, -0.2) is 19.3 Å². The molecule has 0 radical (unpaired) electrons. The molecule has 0 spiro atoms. The number of rotatable bonds is 6. The first kappa shape index (κ1) is 15.2. The first-order valence-electron chi connectivity index (χ1n) is 6.85. The first-order chi connectivity index (χ1) is 10.2. The molecule has 0 saturated heterocycles. The Bertz CT molecular complexity index is 573. The van der Waals surface area contributed by atoms with Crippen molar-refractivity contribution in [3.05, 3.63) is 48.0 Å². The standard InChI is InChI=1S/C17H20O4/c1-4-16(18)15-7-5-6-8-17(15)21-14-10-12(19-2)9-13(11-14)20-3/h5-11,16,18H,4H2,1-3H3. The van der Waals surface area contributed by atoms with Gasteiger partial charge in [0.2, 0.25) is 0 Å². The van der Waals surface area contributed by atoms with Crippen LogP contribution in [0.25, 0.3) is 0 Å². The number of aliphatic hydroxyl groups is 1. The predicted octanol–water partition coefficient (Wildman–Crippen LogP) is 3.94. The molecule has 1 N–H and O–H groups in total. The van der Waals surface area contributed by atoms with Gasteiger partial charge in [-0.15, -0.1) is 0 Å². The molecule has 0 fully saturated rings. The molecule has 0 amide bonds. The van der Waals surface area contributed by atoms with Crippen molar-refractivity contribution in [1.29, 1.82) is 0 Å². The zero-order valence-corrected chi connectivity index (χ0v) is 12.5. The Morgan fingerprint density at radius 2 is 1.52 bits per heavy atom. The van der Waals surface area contributed by atoms with Gasteiger partial charge in [-0.1, -0.05) is 25.1 Å². The zero-order valence-electron chi connectivity index (χ0n) is 12.5. The molecule has 21 heavy (non-hydrogen) atoms. The van der Waals surface area contributed by atoms with E-state index in [4.69, 9.17) is 14.2 Å². The van der Waals surface area contributed by atoms with Crippen molar-refractivity contribution in [2.75, 3.05) is 14.2 Å². The number of hydrogen-bond donors (Lipinski definition) is 1. The Kier molecular flexibility index (Phi) is 5.06. The molecule has 0 saturated carbocycles. The third kappa shape index (κ3) is 3.67.